The summed E-state index contributed by atoms with van der Waals surface area (Å²) in [4.78, 5) is 6.00. The third kappa shape index (κ3) is 2.74. The third-order valence-electron chi connectivity index (χ3n) is 2.30. The lowest BCUT2D eigenvalue weighted by Gasteiger charge is -2.24. The van der Waals surface area contributed by atoms with Gasteiger partial charge >= 0.3 is 0 Å². The molecule has 0 saturated carbocycles. The second-order valence-corrected chi connectivity index (χ2v) is 4.81. The topological polar surface area (TPSA) is 35.2 Å². The molecule has 0 aliphatic heterocycles. The van der Waals surface area contributed by atoms with Crippen molar-refractivity contribution >= 4 is 11.8 Å². The molecule has 0 saturated heterocycles. The molecule has 0 aliphatic carbocycles. The van der Waals surface area contributed by atoms with Crippen molar-refractivity contribution in [3.05, 3.63) is 29.8 Å². The predicted molar refractivity (Wildman–Crippen MR) is 61.4 cm³/mol. The molecule has 0 aliphatic rings. The molecule has 1 aromatic carbocycles. The molecule has 2 N–H and O–H groups in total. The van der Waals surface area contributed by atoms with Gasteiger partial charge in [-0.1, -0.05) is 26.0 Å². The second-order valence-electron chi connectivity index (χ2n) is 3.93. The number of thioether (sulfide) groups is 1. The van der Waals surface area contributed by atoms with Crippen LogP contribution in [-0.4, -0.2) is 12.9 Å². The summed E-state index contributed by atoms with van der Waals surface area (Å²) in [7, 11) is 0. The molecule has 1 rings (SSSR count). The molecule has 0 unspecified atom stereocenters. The summed E-state index contributed by atoms with van der Waals surface area (Å²) in [6, 6.07) is 8.47. The van der Waals surface area contributed by atoms with Crippen LogP contribution in [0.1, 0.15) is 19.4 Å². The Morgan fingerprint density at radius 3 is 2.71 bits per heavy atom. The quantitative estimate of drug-likeness (QED) is 0.614. The molecular formula is C11H17NOS. The molecule has 0 radical (unpaired) electrons. The first-order chi connectivity index (χ1) is 6.60. The highest BCUT2D eigenvalue weighted by Gasteiger charge is 2.20. The average molecular weight is 211 g/mol. The van der Waals surface area contributed by atoms with Crippen LogP contribution >= 0.6 is 11.8 Å². The molecule has 14 heavy (non-hydrogen) atoms. The Balaban J connectivity index is 2.93. The summed E-state index contributed by atoms with van der Waals surface area (Å²) in [5.74, 6) is 5.12. The minimum atomic E-state index is -0.0273. The summed E-state index contributed by atoms with van der Waals surface area (Å²) in [6.07, 6.45) is 2.07. The van der Waals surface area contributed by atoms with Gasteiger partial charge in [0.25, 0.3) is 0 Å². The fourth-order valence-corrected chi connectivity index (χ4v) is 1.80. The maximum Gasteiger partial charge on any atom is 0.0770 e. The van der Waals surface area contributed by atoms with E-state index < -0.39 is 0 Å². The second kappa shape index (κ2) is 4.82. The van der Waals surface area contributed by atoms with E-state index in [0.29, 0.717) is 6.61 Å². The van der Waals surface area contributed by atoms with Crippen LogP contribution in [0.4, 0.5) is 0 Å². The zero-order chi connectivity index (χ0) is 10.6. The van der Waals surface area contributed by atoms with E-state index in [9.17, 15) is 0 Å². The van der Waals surface area contributed by atoms with Crippen molar-refractivity contribution in [2.75, 3.05) is 12.9 Å². The third-order valence-corrected chi connectivity index (χ3v) is 3.02. The van der Waals surface area contributed by atoms with Gasteiger partial charge in [0, 0.05) is 10.3 Å². The van der Waals surface area contributed by atoms with Crippen molar-refractivity contribution in [2.45, 2.75) is 24.2 Å². The summed E-state index contributed by atoms with van der Waals surface area (Å²) < 4.78 is 0. The smallest absolute Gasteiger partial charge is 0.0770 e. The summed E-state index contributed by atoms with van der Waals surface area (Å²) >= 11 is 1.75. The van der Waals surface area contributed by atoms with E-state index in [2.05, 4.69) is 44.4 Å². The van der Waals surface area contributed by atoms with E-state index >= 15 is 0 Å². The maximum atomic E-state index is 5.12. The minimum absolute atomic E-state index is 0.0273. The van der Waals surface area contributed by atoms with Crippen LogP contribution in [0.25, 0.3) is 0 Å². The Hall–Kier alpha value is -0.510. The van der Waals surface area contributed by atoms with E-state index in [1.54, 1.807) is 11.8 Å². The van der Waals surface area contributed by atoms with Crippen molar-refractivity contribution in [3.8, 4) is 0 Å². The van der Waals surface area contributed by atoms with E-state index in [0.717, 1.165) is 0 Å². The monoisotopic (exact) mass is 211 g/mol. The van der Waals surface area contributed by atoms with E-state index in [4.69, 9.17) is 10.7 Å². The van der Waals surface area contributed by atoms with Gasteiger partial charge in [0.15, 0.2) is 0 Å². The number of benzene rings is 1. The van der Waals surface area contributed by atoms with Gasteiger partial charge in [0.05, 0.1) is 6.61 Å². The lowest BCUT2D eigenvalue weighted by molar-refractivity contribution is 0.0963. The summed E-state index contributed by atoms with van der Waals surface area (Å²) in [5, 5.41) is 0. The standard InChI is InChI=1S/C11H17NOS/c1-11(2,8-13-12)9-5-4-6-10(7-9)14-3/h4-7H,8,12H2,1-3H3. The molecular weight excluding hydrogens is 194 g/mol. The Kier molecular flexibility index (Phi) is 3.98. The van der Waals surface area contributed by atoms with Crippen molar-refractivity contribution in [3.63, 3.8) is 0 Å². The number of nitrogens with two attached hydrogens (primary N) is 1. The Labute approximate surface area is 89.8 Å². The highest BCUT2D eigenvalue weighted by atomic mass is 32.2. The highest BCUT2D eigenvalue weighted by Crippen LogP contribution is 2.26. The molecule has 0 heterocycles. The largest absolute Gasteiger partial charge is 0.304 e. The van der Waals surface area contributed by atoms with Crippen molar-refractivity contribution in [1.29, 1.82) is 0 Å². The van der Waals surface area contributed by atoms with Gasteiger partial charge in [0.1, 0.15) is 0 Å². The lowest BCUT2D eigenvalue weighted by Crippen LogP contribution is -2.26. The Bertz CT molecular complexity index is 299. The molecule has 3 heteroatoms. The summed E-state index contributed by atoms with van der Waals surface area (Å²) in [5.41, 5.74) is 1.23. The molecule has 0 atom stereocenters. The van der Waals surface area contributed by atoms with Crippen LogP contribution in [-0.2, 0) is 10.3 Å². The van der Waals surface area contributed by atoms with Crippen LogP contribution < -0.4 is 5.90 Å². The molecule has 78 valence electrons. The van der Waals surface area contributed by atoms with E-state index in [1.807, 2.05) is 0 Å². The van der Waals surface area contributed by atoms with Crippen molar-refractivity contribution in [2.24, 2.45) is 5.90 Å². The average Bonchev–Trinajstić information content (AvgIpc) is 2.18. The molecule has 0 fully saturated rings. The molecule has 2 nitrogen and oxygen atoms in total. The Morgan fingerprint density at radius 1 is 1.43 bits per heavy atom. The van der Waals surface area contributed by atoms with Crippen molar-refractivity contribution in [1.82, 2.24) is 0 Å². The molecule has 0 bridgehead atoms. The van der Waals surface area contributed by atoms with E-state index in [1.165, 1.54) is 10.5 Å². The van der Waals surface area contributed by atoms with Crippen molar-refractivity contribution < 1.29 is 4.84 Å². The van der Waals surface area contributed by atoms with E-state index in [-0.39, 0.29) is 5.41 Å². The normalized spacial score (nSPS) is 11.7. The van der Waals surface area contributed by atoms with Gasteiger partial charge in [-0.3, -0.25) is 0 Å². The summed E-state index contributed by atoms with van der Waals surface area (Å²) in [6.45, 7) is 4.78. The van der Waals surface area contributed by atoms with Gasteiger partial charge in [-0.15, -0.1) is 11.8 Å². The van der Waals surface area contributed by atoms with Gasteiger partial charge < -0.3 is 4.84 Å². The highest BCUT2D eigenvalue weighted by molar-refractivity contribution is 7.98. The van der Waals surface area contributed by atoms with Crippen LogP contribution in [0.15, 0.2) is 29.2 Å². The predicted octanol–water partition coefficient (Wildman–Crippen LogP) is 2.58. The van der Waals surface area contributed by atoms with Crippen LogP contribution in [0.5, 0.6) is 0 Å². The van der Waals surface area contributed by atoms with Crippen LogP contribution in [0.3, 0.4) is 0 Å². The minimum Gasteiger partial charge on any atom is -0.304 e. The fourth-order valence-electron chi connectivity index (χ4n) is 1.34. The SMILES string of the molecule is CSc1cccc(C(C)(C)CON)c1. The number of hydrogen-bond donors (Lipinski definition) is 1. The van der Waals surface area contributed by atoms with Gasteiger partial charge in [-0.25, -0.2) is 5.90 Å². The zero-order valence-corrected chi connectivity index (χ0v) is 9.73. The fraction of sp³-hybridized carbons (Fsp3) is 0.455. The molecule has 0 aromatic heterocycles. The maximum absolute atomic E-state index is 5.12. The lowest BCUT2D eigenvalue weighted by atomic mass is 9.86. The van der Waals surface area contributed by atoms with Crippen LogP contribution in [0.2, 0.25) is 0 Å². The first-order valence-corrected chi connectivity index (χ1v) is 5.79. The first-order valence-electron chi connectivity index (χ1n) is 4.56. The first kappa shape index (κ1) is 11.6. The Morgan fingerprint density at radius 2 is 2.14 bits per heavy atom. The van der Waals surface area contributed by atoms with Gasteiger partial charge in [-0.05, 0) is 24.0 Å². The number of hydrogen-bond acceptors (Lipinski definition) is 3. The molecule has 0 amide bonds. The molecule has 1 aromatic rings. The van der Waals surface area contributed by atoms with Gasteiger partial charge in [0.2, 0.25) is 0 Å². The van der Waals surface area contributed by atoms with Gasteiger partial charge in [-0.2, -0.15) is 0 Å². The zero-order valence-electron chi connectivity index (χ0n) is 8.91. The number of rotatable bonds is 4. The molecule has 0 spiro atoms. The van der Waals surface area contributed by atoms with Crippen LogP contribution in [0, 0.1) is 0 Å².